The number of nitrogens with one attached hydrogen (secondary N) is 2. The number of rotatable bonds is 2. The molecule has 0 aliphatic carbocycles. The van der Waals surface area contributed by atoms with Gasteiger partial charge in [0.15, 0.2) is 0 Å². The fraction of sp³-hybridized carbons (Fsp3) is 0.137. The van der Waals surface area contributed by atoms with E-state index >= 15 is 0 Å². The summed E-state index contributed by atoms with van der Waals surface area (Å²) in [6, 6.07) is 65.9. The van der Waals surface area contributed by atoms with E-state index in [2.05, 4.69) is 193 Å². The summed E-state index contributed by atoms with van der Waals surface area (Å²) in [5.41, 5.74) is 4.49. The van der Waals surface area contributed by atoms with Crippen LogP contribution in [0.2, 0.25) is 0 Å². The molecule has 0 radical (unpaired) electrons. The van der Waals surface area contributed by atoms with Crippen LogP contribution in [0.15, 0.2) is 182 Å². The Bertz CT molecular complexity index is 2420. The van der Waals surface area contributed by atoms with Crippen molar-refractivity contribution in [1.29, 1.82) is 0 Å². The Hall–Kier alpha value is -5.66. The maximum absolute atomic E-state index is 6.80. The Balaban J connectivity index is 1.15. The lowest BCUT2D eigenvalue weighted by Crippen LogP contribution is -2.22. The second kappa shape index (κ2) is 17.6. The zero-order valence-corrected chi connectivity index (χ0v) is 33.8. The minimum absolute atomic E-state index is 0.507. The van der Waals surface area contributed by atoms with Gasteiger partial charge in [-0.15, -0.1) is 0 Å². The molecular formula is C51H46N2O2P2. The van der Waals surface area contributed by atoms with Crippen LogP contribution in [0.5, 0.6) is 11.5 Å². The third-order valence-corrected chi connectivity index (χ3v) is 16.0. The van der Waals surface area contributed by atoms with E-state index < -0.39 is 15.8 Å². The zero-order chi connectivity index (χ0) is 38.2. The molecule has 2 N–H and O–H groups in total. The van der Waals surface area contributed by atoms with E-state index in [4.69, 9.17) is 9.47 Å². The molecule has 57 heavy (non-hydrogen) atoms. The van der Waals surface area contributed by atoms with Gasteiger partial charge in [0.2, 0.25) is 0 Å². The van der Waals surface area contributed by atoms with Gasteiger partial charge in [-0.25, -0.2) is 0 Å². The summed E-state index contributed by atoms with van der Waals surface area (Å²) in [5.74, 6) is 1.70. The second-order valence-corrected chi connectivity index (χ2v) is 18.8. The molecule has 1 aliphatic rings. The van der Waals surface area contributed by atoms with Gasteiger partial charge >= 0.3 is 0 Å². The minimum atomic E-state index is -0.612. The van der Waals surface area contributed by atoms with Gasteiger partial charge in [-0.05, 0) is 91.0 Å². The van der Waals surface area contributed by atoms with Crippen LogP contribution in [0, 0.1) is 0 Å². The van der Waals surface area contributed by atoms with E-state index in [1.807, 2.05) is 0 Å². The van der Waals surface area contributed by atoms with E-state index in [0.717, 1.165) is 52.1 Å². The Morgan fingerprint density at radius 1 is 0.386 bits per heavy atom. The van der Waals surface area contributed by atoms with Gasteiger partial charge in [0.25, 0.3) is 0 Å². The highest BCUT2D eigenvalue weighted by atomic mass is 31.1. The molecule has 0 fully saturated rings. The first-order chi connectivity index (χ1) is 28.3. The summed E-state index contributed by atoms with van der Waals surface area (Å²) in [6.07, 6.45) is 3.33. The van der Waals surface area contributed by atoms with Gasteiger partial charge in [-0.3, -0.25) is 0 Å². The monoisotopic (exact) mass is 780 g/mol. The molecule has 1 aliphatic heterocycles. The van der Waals surface area contributed by atoms with Crippen LogP contribution >= 0.6 is 15.8 Å². The molecule has 2 atom stereocenters. The maximum Gasteiger partial charge on any atom is 0.128 e. The lowest BCUT2D eigenvalue weighted by atomic mass is 9.92. The number of hydrogen-bond acceptors (Lipinski definition) is 4. The van der Waals surface area contributed by atoms with Crippen molar-refractivity contribution in [2.45, 2.75) is 6.42 Å². The summed E-state index contributed by atoms with van der Waals surface area (Å²) < 4.78 is 13.6. The Morgan fingerprint density at radius 2 is 0.789 bits per heavy atom. The molecular weight excluding hydrogens is 735 g/mol. The van der Waals surface area contributed by atoms with Crippen LogP contribution in [0.1, 0.15) is 6.42 Å². The summed E-state index contributed by atoms with van der Waals surface area (Å²) >= 11 is 0. The molecule has 0 aromatic heterocycles. The summed E-state index contributed by atoms with van der Waals surface area (Å²) in [6.45, 7) is 2.35. The van der Waals surface area contributed by atoms with Crippen molar-refractivity contribution in [2.75, 3.05) is 49.3 Å². The van der Waals surface area contributed by atoms with Crippen molar-refractivity contribution in [3.63, 3.8) is 0 Å². The van der Waals surface area contributed by atoms with Crippen molar-refractivity contribution in [1.82, 2.24) is 0 Å². The number of ether oxygens (including phenoxy) is 2. The first-order valence-corrected chi connectivity index (χ1v) is 23.0. The number of benzene rings is 8. The van der Waals surface area contributed by atoms with Gasteiger partial charge in [-0.2, -0.15) is 0 Å². The average Bonchev–Trinajstić information content (AvgIpc) is 3.27. The van der Waals surface area contributed by atoms with Crippen molar-refractivity contribution in [3.8, 4) is 22.6 Å². The lowest BCUT2D eigenvalue weighted by Gasteiger charge is -2.25. The molecule has 9 rings (SSSR count). The molecule has 0 bridgehead atoms. The first-order valence-electron chi connectivity index (χ1n) is 19.9. The third-order valence-electron chi connectivity index (χ3n) is 10.7. The minimum Gasteiger partial charge on any atom is -0.491 e. The van der Waals surface area contributed by atoms with Crippen LogP contribution in [-0.4, -0.2) is 38.6 Å². The van der Waals surface area contributed by atoms with E-state index in [1.165, 1.54) is 43.4 Å². The summed E-state index contributed by atoms with van der Waals surface area (Å²) in [7, 11) is -1.22. The number of hydrogen-bond donors (Lipinski definition) is 2. The van der Waals surface area contributed by atoms with Crippen molar-refractivity contribution in [3.05, 3.63) is 182 Å². The highest BCUT2D eigenvalue weighted by molar-refractivity contribution is 7.74. The number of fused-ring (bicyclic) bond motifs is 9. The molecule has 282 valence electrons. The molecule has 1 heterocycles. The topological polar surface area (TPSA) is 42.5 Å². The molecule has 0 saturated carbocycles. The first kappa shape index (κ1) is 36.9. The van der Waals surface area contributed by atoms with Gasteiger partial charge in [0.1, 0.15) is 24.7 Å². The predicted octanol–water partition coefficient (Wildman–Crippen LogP) is 10.9. The fourth-order valence-corrected chi connectivity index (χ4v) is 13.3. The van der Waals surface area contributed by atoms with Gasteiger partial charge in [0, 0.05) is 46.2 Å². The standard InChI is InChI=1S/C51H46N2O2P2/c1-3-18-40(19-4-1)56-36-15-37-57(41-20-5-2-6-21-41)49-27-14-12-25-45(49)53-33-35-55-47-31-29-39-17-8-10-23-43(39)51(47)50-42-22-9-7-16-38(42)28-30-46(50)54-34-32-52-44-24-11-13-26-48(44)56/h1-14,16-31,52-53H,15,32-37H2. The summed E-state index contributed by atoms with van der Waals surface area (Å²) in [4.78, 5) is 0. The van der Waals surface area contributed by atoms with E-state index in [9.17, 15) is 0 Å². The predicted molar refractivity (Wildman–Crippen MR) is 247 cm³/mol. The Kier molecular flexibility index (Phi) is 11.4. The van der Waals surface area contributed by atoms with Gasteiger partial charge in [-0.1, -0.05) is 158 Å². The fourth-order valence-electron chi connectivity index (χ4n) is 8.05. The van der Waals surface area contributed by atoms with Crippen molar-refractivity contribution in [2.24, 2.45) is 0 Å². The number of anilines is 2. The molecule has 4 nitrogen and oxygen atoms in total. The molecule has 8 aromatic carbocycles. The molecule has 0 saturated heterocycles. The van der Waals surface area contributed by atoms with Gasteiger partial charge < -0.3 is 20.1 Å². The highest BCUT2D eigenvalue weighted by Crippen LogP contribution is 2.46. The second-order valence-electron chi connectivity index (χ2n) is 14.2. The van der Waals surface area contributed by atoms with Crippen LogP contribution in [-0.2, 0) is 0 Å². The lowest BCUT2D eigenvalue weighted by molar-refractivity contribution is 0.330. The SMILES string of the molecule is c1ccc(P2CCCP(c3ccccc3)c3ccccc3NCCOc3ccc4ccccc4c3-c3c(ccc4ccccc34)OCCNc3ccccc32)cc1. The molecule has 6 heteroatoms. The average molecular weight is 781 g/mol. The van der Waals surface area contributed by atoms with Crippen molar-refractivity contribution < 1.29 is 9.47 Å². The molecule has 2 unspecified atom stereocenters. The van der Waals surface area contributed by atoms with E-state index in [0.29, 0.717) is 26.3 Å². The molecule has 0 amide bonds. The molecule has 0 spiro atoms. The third kappa shape index (κ3) is 8.12. The Labute approximate surface area is 338 Å². The van der Waals surface area contributed by atoms with Crippen LogP contribution < -0.4 is 41.3 Å². The Morgan fingerprint density at radius 3 is 1.26 bits per heavy atom. The maximum atomic E-state index is 6.80. The normalized spacial score (nSPS) is 16.5. The van der Waals surface area contributed by atoms with E-state index in [1.54, 1.807) is 0 Å². The largest absolute Gasteiger partial charge is 0.491 e. The quantitative estimate of drug-likeness (QED) is 0.172. The molecule has 8 aromatic rings. The highest BCUT2D eigenvalue weighted by Gasteiger charge is 2.23. The van der Waals surface area contributed by atoms with Crippen molar-refractivity contribution >= 4 is 70.0 Å². The van der Waals surface area contributed by atoms with Crippen LogP contribution in [0.25, 0.3) is 32.7 Å². The van der Waals surface area contributed by atoms with Crippen LogP contribution in [0.4, 0.5) is 11.4 Å². The van der Waals surface area contributed by atoms with E-state index in [-0.39, 0.29) is 0 Å². The summed E-state index contributed by atoms with van der Waals surface area (Å²) in [5, 5.41) is 17.9. The smallest absolute Gasteiger partial charge is 0.128 e. The van der Waals surface area contributed by atoms with Gasteiger partial charge in [0.05, 0.1) is 0 Å². The zero-order valence-electron chi connectivity index (χ0n) is 32.0. The number of para-hydroxylation sites is 2. The van der Waals surface area contributed by atoms with Crippen LogP contribution in [0.3, 0.4) is 0 Å².